The van der Waals surface area contributed by atoms with Gasteiger partial charge in [0.15, 0.2) is 5.11 Å². The Balaban J connectivity index is 2.05. The van der Waals surface area contributed by atoms with Crippen LogP contribution in [0.2, 0.25) is 0 Å². The average molecular weight is 635 g/mol. The molecule has 0 heterocycles. The Hall–Kier alpha value is -0.970. The third-order valence-electron chi connectivity index (χ3n) is 3.92. The predicted molar refractivity (Wildman–Crippen MR) is 137 cm³/mol. The summed E-state index contributed by atoms with van der Waals surface area (Å²) in [5.74, 6) is 0.981. The fourth-order valence-electron chi connectivity index (χ4n) is 2.41. The Morgan fingerprint density at radius 1 is 1.03 bits per heavy atom. The van der Waals surface area contributed by atoms with E-state index in [0.717, 1.165) is 5.56 Å². The molecule has 0 aromatic heterocycles. The van der Waals surface area contributed by atoms with Crippen molar-refractivity contribution in [2.45, 2.75) is 16.4 Å². The molecule has 1 amide bonds. The molecule has 6 nitrogen and oxygen atoms in total. The van der Waals surface area contributed by atoms with Crippen LogP contribution in [-0.2, 0) is 11.2 Å². The first kappa shape index (κ1) is 26.3. The quantitative estimate of drug-likeness (QED) is 0.210. The van der Waals surface area contributed by atoms with Crippen LogP contribution in [0.25, 0.3) is 0 Å². The van der Waals surface area contributed by atoms with Gasteiger partial charge in [-0.05, 0) is 73.9 Å². The summed E-state index contributed by atoms with van der Waals surface area (Å²) in [6.45, 7) is 0. The van der Waals surface area contributed by atoms with E-state index in [1.54, 1.807) is 50.6 Å². The van der Waals surface area contributed by atoms with E-state index in [2.05, 4.69) is 47.8 Å². The van der Waals surface area contributed by atoms with Crippen LogP contribution in [0.4, 0.5) is 5.69 Å². The average Bonchev–Trinajstić information content (AvgIpc) is 2.69. The van der Waals surface area contributed by atoms with E-state index >= 15 is 0 Å². The number of alkyl halides is 3. The monoisotopic (exact) mass is 631 g/mol. The van der Waals surface area contributed by atoms with Crippen LogP contribution in [0.3, 0.4) is 0 Å². The number of halogens is 5. The van der Waals surface area contributed by atoms with Crippen molar-refractivity contribution in [1.82, 2.24) is 10.6 Å². The smallest absolute Gasteiger partial charge is 0.228 e. The molecule has 0 fully saturated rings. The summed E-state index contributed by atoms with van der Waals surface area (Å²) in [5.41, 5.74) is 1.40. The molecule has 31 heavy (non-hydrogen) atoms. The zero-order chi connectivity index (χ0) is 23.2. The molecule has 1 atom stereocenters. The molecule has 0 radical (unpaired) electrons. The summed E-state index contributed by atoms with van der Waals surface area (Å²) >= 11 is 30.4. The third-order valence-corrected chi connectivity index (χ3v) is 6.05. The second-order valence-corrected chi connectivity index (χ2v) is 10.6. The maximum atomic E-state index is 12.5. The van der Waals surface area contributed by atoms with Crippen LogP contribution in [-0.4, -0.2) is 35.2 Å². The number of carbonyl (C=O) groups excluding carboxylic acids is 1. The lowest BCUT2D eigenvalue weighted by Gasteiger charge is -2.28. The van der Waals surface area contributed by atoms with Crippen molar-refractivity contribution >= 4 is 95.6 Å². The second-order valence-electron chi connectivity index (χ2n) is 6.13. The molecule has 0 aliphatic rings. The summed E-state index contributed by atoms with van der Waals surface area (Å²) in [6, 6.07) is 10.6. The first-order chi connectivity index (χ1) is 14.5. The van der Waals surface area contributed by atoms with Gasteiger partial charge in [-0.2, -0.15) is 0 Å². The summed E-state index contributed by atoms with van der Waals surface area (Å²) in [4.78, 5) is 12.5. The number of carbonyl (C=O) groups is 1. The van der Waals surface area contributed by atoms with Crippen LogP contribution in [0.1, 0.15) is 5.56 Å². The van der Waals surface area contributed by atoms with Crippen molar-refractivity contribution < 1.29 is 14.3 Å². The number of rotatable bonds is 7. The molecular weight excluding hydrogens is 616 g/mol. The van der Waals surface area contributed by atoms with E-state index < -0.39 is 9.96 Å². The van der Waals surface area contributed by atoms with Gasteiger partial charge < -0.3 is 25.4 Å². The number of hydrogen-bond acceptors (Lipinski definition) is 4. The first-order valence-electron chi connectivity index (χ1n) is 8.63. The van der Waals surface area contributed by atoms with E-state index in [1.807, 2.05) is 0 Å². The SMILES string of the molecule is COc1ccc(CC(=O)NC(NC(=S)Nc2c(Br)cc(OC)cc2Br)C(Cl)(Cl)Cl)cc1. The number of ether oxygens (including phenoxy) is 2. The highest BCUT2D eigenvalue weighted by Gasteiger charge is 2.34. The van der Waals surface area contributed by atoms with Crippen LogP contribution in [0.5, 0.6) is 11.5 Å². The third kappa shape index (κ3) is 8.14. The van der Waals surface area contributed by atoms with Crippen LogP contribution in [0.15, 0.2) is 45.3 Å². The second kappa shape index (κ2) is 11.8. The molecule has 1 unspecified atom stereocenters. The largest absolute Gasteiger partial charge is 0.497 e. The Labute approximate surface area is 217 Å². The van der Waals surface area contributed by atoms with Crippen molar-refractivity contribution in [3.8, 4) is 11.5 Å². The van der Waals surface area contributed by atoms with E-state index in [9.17, 15) is 4.79 Å². The lowest BCUT2D eigenvalue weighted by atomic mass is 10.1. The molecule has 3 N–H and O–H groups in total. The molecule has 2 aromatic carbocycles. The minimum absolute atomic E-state index is 0.0820. The number of hydrogen-bond donors (Lipinski definition) is 3. The van der Waals surface area contributed by atoms with Crippen molar-refractivity contribution in [3.63, 3.8) is 0 Å². The number of benzene rings is 2. The molecule has 0 bridgehead atoms. The topological polar surface area (TPSA) is 71.6 Å². The fraction of sp³-hybridized carbons (Fsp3) is 0.263. The van der Waals surface area contributed by atoms with E-state index in [-0.39, 0.29) is 17.4 Å². The summed E-state index contributed by atoms with van der Waals surface area (Å²) in [7, 11) is 3.13. The van der Waals surface area contributed by atoms with Gasteiger partial charge in [0, 0.05) is 8.95 Å². The molecule has 12 heteroatoms. The lowest BCUT2D eigenvalue weighted by Crippen LogP contribution is -2.56. The van der Waals surface area contributed by atoms with Gasteiger partial charge in [-0.1, -0.05) is 46.9 Å². The van der Waals surface area contributed by atoms with Gasteiger partial charge in [0.1, 0.15) is 17.7 Å². The molecule has 0 spiro atoms. The van der Waals surface area contributed by atoms with E-state index in [1.165, 1.54) is 0 Å². The van der Waals surface area contributed by atoms with Gasteiger partial charge in [0.05, 0.1) is 26.3 Å². The summed E-state index contributed by atoms with van der Waals surface area (Å²) in [6.07, 6.45) is -1.00. The van der Waals surface area contributed by atoms with Gasteiger partial charge in [-0.25, -0.2) is 0 Å². The Morgan fingerprint density at radius 3 is 2.06 bits per heavy atom. The van der Waals surface area contributed by atoms with E-state index in [0.29, 0.717) is 26.1 Å². The normalized spacial score (nSPS) is 12.0. The lowest BCUT2D eigenvalue weighted by molar-refractivity contribution is -0.121. The number of amides is 1. The summed E-state index contributed by atoms with van der Waals surface area (Å²) in [5, 5.41) is 8.60. The van der Waals surface area contributed by atoms with Crippen molar-refractivity contribution in [2.24, 2.45) is 0 Å². The van der Waals surface area contributed by atoms with Gasteiger partial charge in [-0.15, -0.1) is 0 Å². The Bertz CT molecular complexity index is 920. The molecular formula is C19H18Br2Cl3N3O3S. The van der Waals surface area contributed by atoms with Crippen molar-refractivity contribution in [3.05, 3.63) is 50.9 Å². The maximum absolute atomic E-state index is 12.5. The molecule has 0 saturated heterocycles. The molecule has 0 aliphatic heterocycles. The maximum Gasteiger partial charge on any atom is 0.228 e. The minimum atomic E-state index is -1.87. The highest BCUT2D eigenvalue weighted by atomic mass is 79.9. The zero-order valence-electron chi connectivity index (χ0n) is 16.3. The van der Waals surface area contributed by atoms with Gasteiger partial charge >= 0.3 is 0 Å². The van der Waals surface area contributed by atoms with Gasteiger partial charge in [0.25, 0.3) is 0 Å². The number of anilines is 1. The predicted octanol–water partition coefficient (Wildman–Crippen LogP) is 5.57. The van der Waals surface area contributed by atoms with Crippen LogP contribution in [0, 0.1) is 0 Å². The minimum Gasteiger partial charge on any atom is -0.497 e. The Kier molecular flexibility index (Phi) is 9.98. The molecule has 2 aromatic rings. The van der Waals surface area contributed by atoms with Crippen molar-refractivity contribution in [1.29, 1.82) is 0 Å². The van der Waals surface area contributed by atoms with E-state index in [4.69, 9.17) is 56.5 Å². The van der Waals surface area contributed by atoms with Gasteiger partial charge in [-0.3, -0.25) is 4.79 Å². The van der Waals surface area contributed by atoms with Gasteiger partial charge in [0.2, 0.25) is 9.70 Å². The fourth-order valence-corrected chi connectivity index (χ4v) is 4.30. The number of nitrogens with one attached hydrogen (secondary N) is 3. The number of thiocarbonyl (C=S) groups is 1. The summed E-state index contributed by atoms with van der Waals surface area (Å²) < 4.78 is 9.83. The highest BCUT2D eigenvalue weighted by Crippen LogP contribution is 2.35. The van der Waals surface area contributed by atoms with Crippen molar-refractivity contribution in [2.75, 3.05) is 19.5 Å². The zero-order valence-corrected chi connectivity index (χ0v) is 22.5. The standard InChI is InChI=1S/C19H18Br2Cl3N3O3S/c1-29-11-5-3-10(4-6-11)7-15(28)25-17(19(22,23)24)27-18(31)26-16-13(20)8-12(30-2)9-14(16)21/h3-6,8-9,17H,7H2,1-2H3,(H,25,28)(H2,26,27,31). The Morgan fingerprint density at radius 2 is 1.58 bits per heavy atom. The molecule has 0 aliphatic carbocycles. The highest BCUT2D eigenvalue weighted by molar-refractivity contribution is 9.11. The first-order valence-corrected chi connectivity index (χ1v) is 11.8. The molecule has 0 saturated carbocycles. The number of methoxy groups -OCH3 is 2. The van der Waals surface area contributed by atoms with Crippen LogP contribution >= 0.6 is 78.9 Å². The molecule has 2 rings (SSSR count). The molecule has 168 valence electrons. The van der Waals surface area contributed by atoms with Crippen LogP contribution < -0.4 is 25.4 Å².